The van der Waals surface area contributed by atoms with Crippen LogP contribution in [0.3, 0.4) is 0 Å². The van der Waals surface area contributed by atoms with Crippen LogP contribution in [0.25, 0.3) is 17.3 Å². The summed E-state index contributed by atoms with van der Waals surface area (Å²) in [5, 5.41) is 0. The summed E-state index contributed by atoms with van der Waals surface area (Å²) in [7, 11) is -0.740. The minimum Gasteiger partial charge on any atom is -0.458 e. The molecule has 1 aliphatic rings. The summed E-state index contributed by atoms with van der Waals surface area (Å²) in [5.41, 5.74) is 2.59. The summed E-state index contributed by atoms with van der Waals surface area (Å²) >= 11 is 0. The second-order valence-electron chi connectivity index (χ2n) is 10.0. The molecule has 2 unspecified atom stereocenters. The first-order valence-electron chi connectivity index (χ1n) is 13.1. The van der Waals surface area contributed by atoms with Crippen molar-refractivity contribution < 1.29 is 31.8 Å². The molecule has 0 spiro atoms. The maximum absolute atomic E-state index is 13.8. The predicted molar refractivity (Wildman–Crippen MR) is 152 cm³/mol. The van der Waals surface area contributed by atoms with E-state index in [-0.39, 0.29) is 11.9 Å². The van der Waals surface area contributed by atoms with E-state index in [1.54, 1.807) is 36.5 Å². The molecule has 3 atom stereocenters. The summed E-state index contributed by atoms with van der Waals surface area (Å²) in [6.45, 7) is 3.87. The molecule has 0 N–H and O–H groups in total. The number of hydrogen-bond acceptors (Lipinski definition) is 9. The standard InChI is InChI=1S/C29H33FN4O6S/c1-18(2)26-24(27(19-8-10-21(30)11-9-19)33-29(32-26)34(3)41(5,36)37)13-12-22-15-23(16-25(38-4)39-22)40-28(35)20-7-6-14-31-17-20/h6-14,17-18,22-23,25H,15-16H2,1-5H3/b13-12+/t22-,23?,25?/m1/s1. The van der Waals surface area contributed by atoms with Gasteiger partial charge in [0.15, 0.2) is 6.29 Å². The Hall–Kier alpha value is -3.74. The number of halogens is 1. The third-order valence-electron chi connectivity index (χ3n) is 6.60. The molecule has 10 nitrogen and oxygen atoms in total. The van der Waals surface area contributed by atoms with Crippen LogP contribution in [0.2, 0.25) is 0 Å². The molecule has 2 aromatic heterocycles. The van der Waals surface area contributed by atoms with Crippen LogP contribution in [0.15, 0.2) is 54.9 Å². The Morgan fingerprint density at radius 3 is 2.51 bits per heavy atom. The van der Waals surface area contributed by atoms with Gasteiger partial charge in [-0.15, -0.1) is 0 Å². The maximum Gasteiger partial charge on any atom is 0.339 e. The van der Waals surface area contributed by atoms with Crippen molar-refractivity contribution in [1.82, 2.24) is 15.0 Å². The Morgan fingerprint density at radius 1 is 1.17 bits per heavy atom. The number of carbonyl (C=O) groups excluding carboxylic acids is 1. The molecule has 218 valence electrons. The number of ether oxygens (including phenoxy) is 3. The van der Waals surface area contributed by atoms with Crippen molar-refractivity contribution in [3.05, 3.63) is 77.5 Å². The number of benzene rings is 1. The lowest BCUT2D eigenvalue weighted by Crippen LogP contribution is -2.38. The van der Waals surface area contributed by atoms with Gasteiger partial charge in [-0.2, -0.15) is 0 Å². The van der Waals surface area contributed by atoms with E-state index in [2.05, 4.69) is 15.0 Å². The number of nitrogens with zero attached hydrogens (tertiary/aromatic N) is 4. The second kappa shape index (κ2) is 12.8. The normalized spacial score (nSPS) is 19.4. The fourth-order valence-corrected chi connectivity index (χ4v) is 4.73. The number of esters is 1. The SMILES string of the molecule is COC1CC(OC(=O)c2cccnc2)C[C@@H](/C=C/c2c(-c3ccc(F)cc3)nc(N(C)S(C)(=O)=O)nc2C(C)C)O1. The monoisotopic (exact) mass is 584 g/mol. The van der Waals surface area contributed by atoms with Gasteiger partial charge in [-0.1, -0.05) is 26.0 Å². The van der Waals surface area contributed by atoms with Gasteiger partial charge < -0.3 is 14.2 Å². The van der Waals surface area contributed by atoms with Gasteiger partial charge in [0.25, 0.3) is 0 Å². The van der Waals surface area contributed by atoms with Crippen molar-refractivity contribution in [1.29, 1.82) is 0 Å². The van der Waals surface area contributed by atoms with Crippen molar-refractivity contribution in [3.8, 4) is 11.3 Å². The van der Waals surface area contributed by atoms with Crippen molar-refractivity contribution >= 4 is 28.0 Å². The third-order valence-corrected chi connectivity index (χ3v) is 7.75. The topological polar surface area (TPSA) is 121 Å². The number of anilines is 1. The number of carbonyl (C=O) groups is 1. The molecule has 0 saturated carbocycles. The third kappa shape index (κ3) is 7.51. The first kappa shape index (κ1) is 30.2. The van der Waals surface area contributed by atoms with Crippen molar-refractivity contribution in [3.63, 3.8) is 0 Å². The number of pyridine rings is 1. The van der Waals surface area contributed by atoms with E-state index in [9.17, 15) is 17.6 Å². The first-order chi connectivity index (χ1) is 19.5. The van der Waals surface area contributed by atoms with Crippen molar-refractivity contribution in [2.24, 2.45) is 0 Å². The van der Waals surface area contributed by atoms with Crippen LogP contribution in [0, 0.1) is 5.82 Å². The Kier molecular flexibility index (Phi) is 9.46. The molecule has 1 aromatic carbocycles. The Morgan fingerprint density at radius 2 is 1.90 bits per heavy atom. The van der Waals surface area contributed by atoms with Gasteiger partial charge in [0, 0.05) is 50.5 Å². The molecule has 0 radical (unpaired) electrons. The molecule has 3 heterocycles. The van der Waals surface area contributed by atoms with Crippen LogP contribution in [-0.4, -0.2) is 68.3 Å². The van der Waals surface area contributed by atoms with Crippen LogP contribution < -0.4 is 4.31 Å². The van der Waals surface area contributed by atoms with E-state index in [1.807, 2.05) is 19.9 Å². The zero-order valence-corrected chi connectivity index (χ0v) is 24.3. The smallest absolute Gasteiger partial charge is 0.339 e. The number of methoxy groups -OCH3 is 1. The fraction of sp³-hybridized carbons (Fsp3) is 0.379. The van der Waals surface area contributed by atoms with Gasteiger partial charge in [0.05, 0.1) is 29.3 Å². The zero-order valence-electron chi connectivity index (χ0n) is 23.5. The van der Waals surface area contributed by atoms with E-state index in [1.165, 1.54) is 32.5 Å². The Bertz CT molecular complexity index is 1500. The van der Waals surface area contributed by atoms with Crippen LogP contribution in [0.1, 0.15) is 54.2 Å². The van der Waals surface area contributed by atoms with Gasteiger partial charge >= 0.3 is 5.97 Å². The molecular formula is C29H33FN4O6S. The minimum atomic E-state index is -3.64. The van der Waals surface area contributed by atoms with Gasteiger partial charge in [0.2, 0.25) is 16.0 Å². The lowest BCUT2D eigenvalue weighted by atomic mass is 9.96. The van der Waals surface area contributed by atoms with E-state index >= 15 is 0 Å². The highest BCUT2D eigenvalue weighted by atomic mass is 32.2. The van der Waals surface area contributed by atoms with E-state index in [4.69, 9.17) is 14.2 Å². The number of aromatic nitrogens is 3. The molecule has 0 bridgehead atoms. The van der Waals surface area contributed by atoms with Crippen LogP contribution in [0.4, 0.5) is 10.3 Å². The van der Waals surface area contributed by atoms with Crippen LogP contribution in [-0.2, 0) is 24.2 Å². The molecular weight excluding hydrogens is 551 g/mol. The summed E-state index contributed by atoms with van der Waals surface area (Å²) in [6.07, 6.45) is 6.89. The number of sulfonamides is 1. The van der Waals surface area contributed by atoms with Gasteiger partial charge in [-0.25, -0.2) is 31.9 Å². The fourth-order valence-electron chi connectivity index (χ4n) is 4.35. The lowest BCUT2D eigenvalue weighted by molar-refractivity contribution is -0.191. The average Bonchev–Trinajstić information content (AvgIpc) is 2.95. The van der Waals surface area contributed by atoms with E-state index in [0.717, 1.165) is 10.6 Å². The van der Waals surface area contributed by atoms with Gasteiger partial charge in [0.1, 0.15) is 11.9 Å². The highest BCUT2D eigenvalue weighted by molar-refractivity contribution is 7.92. The molecule has 1 saturated heterocycles. The first-order valence-corrected chi connectivity index (χ1v) is 14.9. The summed E-state index contributed by atoms with van der Waals surface area (Å²) in [5.74, 6) is -1.01. The summed E-state index contributed by atoms with van der Waals surface area (Å²) in [6, 6.07) is 9.08. The average molecular weight is 585 g/mol. The lowest BCUT2D eigenvalue weighted by Gasteiger charge is -2.33. The molecule has 1 aliphatic heterocycles. The highest BCUT2D eigenvalue weighted by Crippen LogP contribution is 2.33. The summed E-state index contributed by atoms with van der Waals surface area (Å²) < 4.78 is 56.6. The van der Waals surface area contributed by atoms with Crippen LogP contribution >= 0.6 is 0 Å². The Balaban J connectivity index is 1.71. The molecule has 1 fully saturated rings. The predicted octanol–water partition coefficient (Wildman–Crippen LogP) is 4.59. The van der Waals surface area contributed by atoms with E-state index < -0.39 is 40.3 Å². The maximum atomic E-state index is 13.8. The van der Waals surface area contributed by atoms with Crippen molar-refractivity contribution in [2.45, 2.75) is 51.1 Å². The minimum absolute atomic E-state index is 0.00316. The van der Waals surface area contributed by atoms with E-state index in [0.29, 0.717) is 40.9 Å². The molecule has 0 aliphatic carbocycles. The zero-order chi connectivity index (χ0) is 29.7. The molecule has 12 heteroatoms. The molecule has 41 heavy (non-hydrogen) atoms. The highest BCUT2D eigenvalue weighted by Gasteiger charge is 2.31. The summed E-state index contributed by atoms with van der Waals surface area (Å²) in [4.78, 5) is 25.8. The number of rotatable bonds is 9. The molecule has 3 aromatic rings. The Labute approximate surface area is 239 Å². The largest absolute Gasteiger partial charge is 0.458 e. The molecule has 4 rings (SSSR count). The quantitative estimate of drug-likeness (QED) is 0.333. The second-order valence-corrected chi connectivity index (χ2v) is 12.0. The van der Waals surface area contributed by atoms with Crippen molar-refractivity contribution in [2.75, 3.05) is 24.7 Å². The van der Waals surface area contributed by atoms with Crippen LogP contribution in [0.5, 0.6) is 0 Å². The van der Waals surface area contributed by atoms with Gasteiger partial charge in [-0.05, 0) is 42.3 Å². The number of hydrogen-bond donors (Lipinski definition) is 0. The van der Waals surface area contributed by atoms with Gasteiger partial charge in [-0.3, -0.25) is 4.98 Å². The molecule has 0 amide bonds.